The lowest BCUT2D eigenvalue weighted by molar-refractivity contribution is 0.0613. The van der Waals surface area contributed by atoms with Gasteiger partial charge in [-0.15, -0.1) is 0 Å². The monoisotopic (exact) mass is 258 g/mol. The van der Waals surface area contributed by atoms with Gasteiger partial charge in [0.05, 0.1) is 10.5 Å². The van der Waals surface area contributed by atoms with Gasteiger partial charge in [-0.25, -0.2) is 13.1 Å². The number of nitrogens with two attached hydrogens (primary N) is 1. The van der Waals surface area contributed by atoms with E-state index in [0.29, 0.717) is 12.1 Å². The molecule has 17 heavy (non-hydrogen) atoms. The Balaban J connectivity index is 2.79. The minimum Gasteiger partial charge on any atom is -0.399 e. The second-order valence-corrected chi connectivity index (χ2v) is 6.01. The summed E-state index contributed by atoms with van der Waals surface area (Å²) in [6.07, 6.45) is 0.470. The molecule has 0 radical (unpaired) electrons. The topological polar surface area (TPSA) is 92.4 Å². The zero-order valence-electron chi connectivity index (χ0n) is 9.97. The molecule has 0 heterocycles. The molecule has 0 saturated carbocycles. The molecule has 1 aromatic rings. The molecule has 1 atom stereocenters. The predicted octanol–water partition coefficient (Wildman–Crippen LogP) is 0.708. The summed E-state index contributed by atoms with van der Waals surface area (Å²) in [5.74, 6) is 0. The Morgan fingerprint density at radius 2 is 1.88 bits per heavy atom. The van der Waals surface area contributed by atoms with Crippen molar-refractivity contribution in [1.29, 1.82) is 0 Å². The van der Waals surface area contributed by atoms with Gasteiger partial charge in [0.1, 0.15) is 0 Å². The largest absolute Gasteiger partial charge is 0.399 e. The van der Waals surface area contributed by atoms with Crippen LogP contribution < -0.4 is 10.5 Å². The van der Waals surface area contributed by atoms with E-state index in [1.54, 1.807) is 13.8 Å². The summed E-state index contributed by atoms with van der Waals surface area (Å²) < 4.78 is 26.1. The van der Waals surface area contributed by atoms with Crippen molar-refractivity contribution in [2.45, 2.75) is 30.8 Å². The summed E-state index contributed by atoms with van der Waals surface area (Å²) in [6, 6.07) is 5.90. The molecule has 96 valence electrons. The van der Waals surface area contributed by atoms with Crippen molar-refractivity contribution in [2.24, 2.45) is 0 Å². The Hall–Kier alpha value is -1.11. The maximum Gasteiger partial charge on any atom is 0.240 e. The number of sulfonamides is 1. The zero-order chi connectivity index (χ0) is 13.1. The second kappa shape index (κ2) is 5.03. The fourth-order valence-electron chi connectivity index (χ4n) is 1.11. The molecule has 0 aliphatic heterocycles. The van der Waals surface area contributed by atoms with Crippen molar-refractivity contribution in [3.8, 4) is 0 Å². The molecule has 0 amide bonds. The van der Waals surface area contributed by atoms with E-state index in [2.05, 4.69) is 4.72 Å². The van der Waals surface area contributed by atoms with Crippen LogP contribution in [-0.2, 0) is 10.0 Å². The highest BCUT2D eigenvalue weighted by Gasteiger charge is 2.22. The van der Waals surface area contributed by atoms with Crippen LogP contribution in [0.5, 0.6) is 0 Å². The number of benzene rings is 1. The van der Waals surface area contributed by atoms with E-state index in [-0.39, 0.29) is 11.4 Å². The smallest absolute Gasteiger partial charge is 0.240 e. The van der Waals surface area contributed by atoms with Crippen LogP contribution in [0.4, 0.5) is 5.69 Å². The number of nitrogen functional groups attached to an aromatic ring is 1. The normalized spacial score (nSPS) is 15.5. The van der Waals surface area contributed by atoms with Gasteiger partial charge in [-0.1, -0.05) is 6.92 Å². The Kier molecular flexibility index (Phi) is 4.13. The first kappa shape index (κ1) is 14.0. The molecule has 1 rings (SSSR count). The molecule has 0 fully saturated rings. The lowest BCUT2D eigenvalue weighted by atomic mass is 10.1. The standard InChI is InChI=1S/C11H18N2O3S/c1-3-11(2,14)8-13-17(15,16)10-6-4-9(12)5-7-10/h4-7,13-14H,3,8,12H2,1-2H3. The van der Waals surface area contributed by atoms with E-state index in [1.165, 1.54) is 24.3 Å². The van der Waals surface area contributed by atoms with Gasteiger partial charge in [-0.05, 0) is 37.6 Å². The Morgan fingerprint density at radius 1 is 1.35 bits per heavy atom. The average molecular weight is 258 g/mol. The van der Waals surface area contributed by atoms with Gasteiger partial charge >= 0.3 is 0 Å². The van der Waals surface area contributed by atoms with Crippen LogP contribution >= 0.6 is 0 Å². The van der Waals surface area contributed by atoms with E-state index >= 15 is 0 Å². The minimum absolute atomic E-state index is 0.0176. The average Bonchev–Trinajstić information content (AvgIpc) is 2.27. The number of hydrogen-bond donors (Lipinski definition) is 3. The molecule has 1 unspecified atom stereocenters. The van der Waals surface area contributed by atoms with Crippen molar-refractivity contribution in [3.63, 3.8) is 0 Å². The molecule has 0 saturated heterocycles. The number of hydrogen-bond acceptors (Lipinski definition) is 4. The summed E-state index contributed by atoms with van der Waals surface area (Å²) in [6.45, 7) is 3.35. The molecule has 6 heteroatoms. The second-order valence-electron chi connectivity index (χ2n) is 4.24. The number of anilines is 1. The number of nitrogens with one attached hydrogen (secondary N) is 1. The molecule has 0 aromatic heterocycles. The SMILES string of the molecule is CCC(C)(O)CNS(=O)(=O)c1ccc(N)cc1. The third kappa shape index (κ3) is 3.99. The molecular formula is C11H18N2O3S. The highest BCUT2D eigenvalue weighted by molar-refractivity contribution is 7.89. The van der Waals surface area contributed by atoms with Crippen LogP contribution in [0.3, 0.4) is 0 Å². The van der Waals surface area contributed by atoms with Gasteiger partial charge in [0.2, 0.25) is 10.0 Å². The molecular weight excluding hydrogens is 240 g/mol. The van der Waals surface area contributed by atoms with Crippen LogP contribution in [0.2, 0.25) is 0 Å². The van der Waals surface area contributed by atoms with E-state index in [4.69, 9.17) is 5.73 Å². The maximum absolute atomic E-state index is 11.8. The van der Waals surface area contributed by atoms with Crippen LogP contribution in [0.25, 0.3) is 0 Å². The predicted molar refractivity (Wildman–Crippen MR) is 67.0 cm³/mol. The highest BCUT2D eigenvalue weighted by Crippen LogP contribution is 2.13. The summed E-state index contributed by atoms with van der Waals surface area (Å²) in [4.78, 5) is 0.138. The third-order valence-corrected chi connectivity index (χ3v) is 4.01. The molecule has 0 aliphatic rings. The lowest BCUT2D eigenvalue weighted by Crippen LogP contribution is -2.40. The Bertz CT molecular complexity index is 466. The highest BCUT2D eigenvalue weighted by atomic mass is 32.2. The molecule has 5 nitrogen and oxygen atoms in total. The van der Waals surface area contributed by atoms with Crippen LogP contribution in [0.1, 0.15) is 20.3 Å². The summed E-state index contributed by atoms with van der Waals surface area (Å²) in [7, 11) is -3.59. The van der Waals surface area contributed by atoms with Gasteiger partial charge < -0.3 is 10.8 Å². The van der Waals surface area contributed by atoms with E-state index in [1.807, 2.05) is 0 Å². The summed E-state index contributed by atoms with van der Waals surface area (Å²) in [5, 5.41) is 9.73. The number of aliphatic hydroxyl groups is 1. The van der Waals surface area contributed by atoms with Crippen molar-refractivity contribution in [2.75, 3.05) is 12.3 Å². The van der Waals surface area contributed by atoms with Crippen molar-refractivity contribution in [3.05, 3.63) is 24.3 Å². The fraction of sp³-hybridized carbons (Fsp3) is 0.455. The molecule has 4 N–H and O–H groups in total. The van der Waals surface area contributed by atoms with E-state index in [9.17, 15) is 13.5 Å². The lowest BCUT2D eigenvalue weighted by Gasteiger charge is -2.21. The fourth-order valence-corrected chi connectivity index (χ4v) is 2.27. The molecule has 0 bridgehead atoms. The Morgan fingerprint density at radius 3 is 2.35 bits per heavy atom. The first-order chi connectivity index (χ1) is 7.77. The molecule has 0 aliphatic carbocycles. The van der Waals surface area contributed by atoms with Crippen LogP contribution in [0, 0.1) is 0 Å². The summed E-state index contributed by atoms with van der Waals surface area (Å²) in [5.41, 5.74) is 4.94. The Labute approximate surface area is 102 Å². The maximum atomic E-state index is 11.8. The van der Waals surface area contributed by atoms with Crippen LogP contribution in [0.15, 0.2) is 29.2 Å². The summed E-state index contributed by atoms with van der Waals surface area (Å²) >= 11 is 0. The van der Waals surface area contributed by atoms with Crippen molar-refractivity contribution >= 4 is 15.7 Å². The number of rotatable bonds is 5. The minimum atomic E-state index is -3.59. The van der Waals surface area contributed by atoms with Crippen LogP contribution in [-0.4, -0.2) is 25.7 Å². The van der Waals surface area contributed by atoms with Gasteiger partial charge in [0.15, 0.2) is 0 Å². The van der Waals surface area contributed by atoms with Gasteiger partial charge in [-0.3, -0.25) is 0 Å². The van der Waals surface area contributed by atoms with Crippen molar-refractivity contribution in [1.82, 2.24) is 4.72 Å². The van der Waals surface area contributed by atoms with E-state index in [0.717, 1.165) is 0 Å². The zero-order valence-corrected chi connectivity index (χ0v) is 10.8. The third-order valence-electron chi connectivity index (χ3n) is 2.60. The van der Waals surface area contributed by atoms with Gasteiger partial charge in [0, 0.05) is 12.2 Å². The quantitative estimate of drug-likeness (QED) is 0.678. The first-order valence-electron chi connectivity index (χ1n) is 5.34. The van der Waals surface area contributed by atoms with Gasteiger partial charge in [-0.2, -0.15) is 0 Å². The van der Waals surface area contributed by atoms with Gasteiger partial charge in [0.25, 0.3) is 0 Å². The first-order valence-corrected chi connectivity index (χ1v) is 6.83. The molecule has 0 spiro atoms. The van der Waals surface area contributed by atoms with Crippen molar-refractivity contribution < 1.29 is 13.5 Å². The molecule has 1 aromatic carbocycles. The van der Waals surface area contributed by atoms with E-state index < -0.39 is 15.6 Å².